The topological polar surface area (TPSA) is 130 Å². The zero-order valence-electron chi connectivity index (χ0n) is 18.2. The molecule has 0 spiro atoms. The molecule has 0 unspecified atom stereocenters. The summed E-state index contributed by atoms with van der Waals surface area (Å²) in [6, 6.07) is 7.57. The molecule has 3 rings (SSSR count). The number of nitro groups is 1. The number of hydrogen-bond acceptors (Lipinski definition) is 9. The fraction of sp³-hybridized carbons (Fsp3) is 0.450. The quantitative estimate of drug-likeness (QED) is 0.394. The van der Waals surface area contributed by atoms with Crippen molar-refractivity contribution in [2.75, 3.05) is 63.7 Å². The first-order chi connectivity index (χ1) is 15.3. The average Bonchev–Trinajstić information content (AvgIpc) is 2.78. The molecule has 1 saturated heterocycles. The summed E-state index contributed by atoms with van der Waals surface area (Å²) in [5, 5.41) is 14.7. The smallest absolute Gasteiger partial charge is 0.293 e. The van der Waals surface area contributed by atoms with Gasteiger partial charge < -0.3 is 19.9 Å². The van der Waals surface area contributed by atoms with Gasteiger partial charge in [-0.25, -0.2) is 18.1 Å². The second kappa shape index (κ2) is 10.7. The SMILES string of the molecule is CN(C)CCNS(=O)(=O)c1ccc(NCc2cccnc2N2CCOCC2)c([N+](=O)[O-])c1. The maximum Gasteiger partial charge on any atom is 0.293 e. The molecule has 0 saturated carbocycles. The van der Waals surface area contributed by atoms with Gasteiger partial charge in [0.25, 0.3) is 5.69 Å². The third-order valence-electron chi connectivity index (χ3n) is 4.97. The molecule has 1 aliphatic heterocycles. The second-order valence-electron chi connectivity index (χ2n) is 7.58. The minimum absolute atomic E-state index is 0.149. The highest BCUT2D eigenvalue weighted by molar-refractivity contribution is 7.89. The van der Waals surface area contributed by atoms with E-state index in [9.17, 15) is 18.5 Å². The van der Waals surface area contributed by atoms with Gasteiger partial charge >= 0.3 is 0 Å². The molecule has 0 atom stereocenters. The summed E-state index contributed by atoms with van der Waals surface area (Å²) < 4.78 is 32.9. The average molecular weight is 465 g/mol. The van der Waals surface area contributed by atoms with Crippen LogP contribution in [-0.4, -0.2) is 76.7 Å². The van der Waals surface area contributed by atoms with Crippen LogP contribution in [0.5, 0.6) is 0 Å². The number of nitrogens with zero attached hydrogens (tertiary/aromatic N) is 4. The number of hydrogen-bond donors (Lipinski definition) is 2. The number of aromatic nitrogens is 1. The van der Waals surface area contributed by atoms with E-state index in [0.717, 1.165) is 30.5 Å². The van der Waals surface area contributed by atoms with Crippen LogP contribution in [0.15, 0.2) is 41.4 Å². The second-order valence-corrected chi connectivity index (χ2v) is 9.34. The van der Waals surface area contributed by atoms with Crippen LogP contribution in [0.1, 0.15) is 5.56 Å². The Balaban J connectivity index is 1.77. The van der Waals surface area contributed by atoms with Crippen molar-refractivity contribution < 1.29 is 18.1 Å². The van der Waals surface area contributed by atoms with Gasteiger partial charge in [0.05, 0.1) is 23.0 Å². The Morgan fingerprint density at radius 3 is 2.69 bits per heavy atom. The standard InChI is InChI=1S/C20H28N6O5S/c1-24(2)9-8-23-32(29,30)17-5-6-18(19(14-17)26(27)28)22-15-16-4-3-7-21-20(16)25-10-12-31-13-11-25/h3-7,14,22-23H,8-13,15H2,1-2H3. The van der Waals surface area contributed by atoms with Gasteiger partial charge in [0, 0.05) is 50.6 Å². The highest BCUT2D eigenvalue weighted by atomic mass is 32.2. The number of ether oxygens (including phenoxy) is 1. The van der Waals surface area contributed by atoms with Crippen molar-refractivity contribution in [3.8, 4) is 0 Å². The van der Waals surface area contributed by atoms with Crippen molar-refractivity contribution in [1.29, 1.82) is 0 Å². The number of pyridine rings is 1. The number of nitrogens with one attached hydrogen (secondary N) is 2. The van der Waals surface area contributed by atoms with Crippen LogP contribution in [0.2, 0.25) is 0 Å². The summed E-state index contributed by atoms with van der Waals surface area (Å²) in [5.74, 6) is 0.801. The minimum Gasteiger partial charge on any atom is -0.378 e. The number of anilines is 2. The molecule has 2 aromatic rings. The van der Waals surface area contributed by atoms with Crippen molar-refractivity contribution in [3.05, 3.63) is 52.2 Å². The number of sulfonamides is 1. The van der Waals surface area contributed by atoms with Crippen molar-refractivity contribution in [2.24, 2.45) is 0 Å². The Labute approximate surface area is 187 Å². The van der Waals surface area contributed by atoms with Gasteiger partial charge in [-0.2, -0.15) is 0 Å². The van der Waals surface area contributed by atoms with E-state index in [0.29, 0.717) is 26.3 Å². The zero-order valence-corrected chi connectivity index (χ0v) is 19.0. The van der Waals surface area contributed by atoms with E-state index in [-0.39, 0.29) is 22.8 Å². The molecule has 2 heterocycles. The van der Waals surface area contributed by atoms with E-state index in [2.05, 4.69) is 19.9 Å². The first-order valence-corrected chi connectivity index (χ1v) is 11.7. The third-order valence-corrected chi connectivity index (χ3v) is 6.43. The number of nitro benzene ring substituents is 1. The molecular weight excluding hydrogens is 436 g/mol. The highest BCUT2D eigenvalue weighted by Gasteiger charge is 2.22. The lowest BCUT2D eigenvalue weighted by Crippen LogP contribution is -2.37. The van der Waals surface area contributed by atoms with Crippen LogP contribution in [0.3, 0.4) is 0 Å². The molecule has 0 amide bonds. The monoisotopic (exact) mass is 464 g/mol. The normalized spacial score (nSPS) is 14.5. The van der Waals surface area contributed by atoms with Gasteiger partial charge in [0.2, 0.25) is 10.0 Å². The molecule has 0 radical (unpaired) electrons. The molecule has 2 N–H and O–H groups in total. The first-order valence-electron chi connectivity index (χ1n) is 10.2. The summed E-state index contributed by atoms with van der Waals surface area (Å²) in [7, 11) is -0.203. The van der Waals surface area contributed by atoms with Crippen molar-refractivity contribution in [2.45, 2.75) is 11.4 Å². The van der Waals surface area contributed by atoms with E-state index in [1.165, 1.54) is 12.1 Å². The lowest BCUT2D eigenvalue weighted by molar-refractivity contribution is -0.384. The summed E-state index contributed by atoms with van der Waals surface area (Å²) in [6.07, 6.45) is 1.71. The van der Waals surface area contributed by atoms with Gasteiger partial charge in [0.15, 0.2) is 0 Å². The summed E-state index contributed by atoms with van der Waals surface area (Å²) in [6.45, 7) is 3.69. The predicted molar refractivity (Wildman–Crippen MR) is 121 cm³/mol. The van der Waals surface area contributed by atoms with E-state index < -0.39 is 14.9 Å². The minimum atomic E-state index is -3.85. The molecule has 1 aromatic carbocycles. The van der Waals surface area contributed by atoms with Crippen LogP contribution in [0.25, 0.3) is 0 Å². The van der Waals surface area contributed by atoms with E-state index in [1.807, 2.05) is 31.1 Å². The van der Waals surface area contributed by atoms with Crippen LogP contribution in [-0.2, 0) is 21.3 Å². The number of rotatable bonds is 10. The first kappa shape index (κ1) is 23.9. The number of morpholine rings is 1. The van der Waals surface area contributed by atoms with Crippen LogP contribution >= 0.6 is 0 Å². The molecule has 1 fully saturated rings. The van der Waals surface area contributed by atoms with Crippen LogP contribution < -0.4 is 14.9 Å². The van der Waals surface area contributed by atoms with Gasteiger partial charge in [0.1, 0.15) is 11.5 Å². The summed E-state index contributed by atoms with van der Waals surface area (Å²) in [4.78, 5) is 19.3. The predicted octanol–water partition coefficient (Wildman–Crippen LogP) is 1.28. The largest absolute Gasteiger partial charge is 0.378 e. The molecule has 1 aliphatic rings. The van der Waals surface area contributed by atoms with E-state index in [4.69, 9.17) is 4.74 Å². The molecule has 11 nitrogen and oxygen atoms in total. The molecule has 12 heteroatoms. The summed E-state index contributed by atoms with van der Waals surface area (Å²) >= 11 is 0. The third kappa shape index (κ3) is 6.13. The van der Waals surface area contributed by atoms with E-state index >= 15 is 0 Å². The van der Waals surface area contributed by atoms with Crippen molar-refractivity contribution >= 4 is 27.2 Å². The van der Waals surface area contributed by atoms with Crippen LogP contribution in [0.4, 0.5) is 17.2 Å². The fourth-order valence-electron chi connectivity index (χ4n) is 3.28. The molecule has 174 valence electrons. The van der Waals surface area contributed by atoms with Gasteiger partial charge in [-0.3, -0.25) is 10.1 Å². The Morgan fingerprint density at radius 1 is 1.25 bits per heavy atom. The number of benzene rings is 1. The zero-order chi connectivity index (χ0) is 23.1. The lowest BCUT2D eigenvalue weighted by Gasteiger charge is -2.29. The molecule has 32 heavy (non-hydrogen) atoms. The summed E-state index contributed by atoms with van der Waals surface area (Å²) in [5.41, 5.74) is 0.807. The van der Waals surface area contributed by atoms with Gasteiger partial charge in [-0.05, 0) is 32.3 Å². The Hall–Kier alpha value is -2.80. The van der Waals surface area contributed by atoms with Crippen molar-refractivity contribution in [3.63, 3.8) is 0 Å². The Kier molecular flexibility index (Phi) is 7.96. The van der Waals surface area contributed by atoms with E-state index in [1.54, 1.807) is 6.20 Å². The maximum absolute atomic E-state index is 12.5. The lowest BCUT2D eigenvalue weighted by atomic mass is 10.2. The maximum atomic E-state index is 12.5. The van der Waals surface area contributed by atoms with Crippen LogP contribution in [0, 0.1) is 10.1 Å². The van der Waals surface area contributed by atoms with Gasteiger partial charge in [-0.1, -0.05) is 6.07 Å². The molecule has 0 bridgehead atoms. The van der Waals surface area contributed by atoms with Crippen molar-refractivity contribution in [1.82, 2.24) is 14.6 Å². The molecule has 0 aliphatic carbocycles. The Morgan fingerprint density at radius 2 is 2.00 bits per heavy atom. The fourth-order valence-corrected chi connectivity index (χ4v) is 4.33. The number of likely N-dealkylation sites (N-methyl/N-ethyl adjacent to an activating group) is 1. The van der Waals surface area contributed by atoms with Gasteiger partial charge in [-0.15, -0.1) is 0 Å². The Bertz CT molecular complexity index is 1040. The molecule has 1 aromatic heterocycles. The molecular formula is C20H28N6O5S. The highest BCUT2D eigenvalue weighted by Crippen LogP contribution is 2.29.